The zero-order chi connectivity index (χ0) is 14.9. The Morgan fingerprint density at radius 2 is 2.05 bits per heavy atom. The smallest absolute Gasteiger partial charge is 0.0718 e. The molecule has 2 aromatic rings. The average Bonchev–Trinajstić information content (AvgIpc) is 2.53. The normalized spacial score (nSPS) is 12.1. The van der Waals surface area contributed by atoms with Crippen LogP contribution in [0.25, 0.3) is 0 Å². The molecule has 1 aromatic heterocycles. The van der Waals surface area contributed by atoms with Crippen LogP contribution in [0, 0.1) is 0 Å². The lowest BCUT2D eigenvalue weighted by molar-refractivity contribution is 0.0617. The Morgan fingerprint density at radius 3 is 2.81 bits per heavy atom. The Kier molecular flexibility index (Phi) is 6.19. The Labute approximate surface area is 126 Å². The molecule has 0 saturated heterocycles. The minimum Gasteiger partial charge on any atom is -0.382 e. The second kappa shape index (κ2) is 8.39. The van der Waals surface area contributed by atoms with Gasteiger partial charge in [0.05, 0.1) is 31.6 Å². The fourth-order valence-corrected chi connectivity index (χ4v) is 2.04. The molecule has 1 aromatic carbocycles. The number of benzene rings is 1. The van der Waals surface area contributed by atoms with E-state index in [2.05, 4.69) is 35.4 Å². The van der Waals surface area contributed by atoms with Gasteiger partial charge in [0.15, 0.2) is 0 Å². The topological polar surface area (TPSA) is 43.4 Å². The van der Waals surface area contributed by atoms with Gasteiger partial charge < -0.3 is 14.8 Å². The molecule has 21 heavy (non-hydrogen) atoms. The van der Waals surface area contributed by atoms with Crippen LogP contribution in [0.4, 0.5) is 5.69 Å². The summed E-state index contributed by atoms with van der Waals surface area (Å²) in [5.74, 6) is 0. The lowest BCUT2D eigenvalue weighted by Crippen LogP contribution is -2.08. The van der Waals surface area contributed by atoms with Gasteiger partial charge in [0.25, 0.3) is 0 Å². The van der Waals surface area contributed by atoms with E-state index in [1.54, 1.807) is 7.11 Å². The number of hydrogen-bond donors (Lipinski definition) is 1. The van der Waals surface area contributed by atoms with Gasteiger partial charge in [-0.05, 0) is 36.8 Å². The number of rotatable bonds is 8. The van der Waals surface area contributed by atoms with Crippen molar-refractivity contribution in [3.05, 3.63) is 59.9 Å². The highest BCUT2D eigenvalue weighted by Gasteiger charge is 2.06. The molecule has 0 spiro atoms. The molecule has 2 rings (SSSR count). The van der Waals surface area contributed by atoms with E-state index >= 15 is 0 Å². The van der Waals surface area contributed by atoms with Crippen LogP contribution >= 0.6 is 0 Å². The van der Waals surface area contributed by atoms with Crippen LogP contribution < -0.4 is 5.32 Å². The molecule has 0 saturated carbocycles. The maximum absolute atomic E-state index is 5.54. The monoisotopic (exact) mass is 286 g/mol. The predicted octanol–water partition coefficient (Wildman–Crippen LogP) is 3.42. The molecule has 1 N–H and O–H groups in total. The van der Waals surface area contributed by atoms with Crippen molar-refractivity contribution >= 4 is 5.69 Å². The SMILES string of the molecule is COCCOCc1cccc(NC(C)c2ccccn2)c1. The van der Waals surface area contributed by atoms with Gasteiger partial charge in [0, 0.05) is 19.0 Å². The molecule has 0 radical (unpaired) electrons. The number of pyridine rings is 1. The highest BCUT2D eigenvalue weighted by Crippen LogP contribution is 2.18. The van der Waals surface area contributed by atoms with Gasteiger partial charge in [-0.1, -0.05) is 18.2 Å². The van der Waals surface area contributed by atoms with Gasteiger partial charge in [0.2, 0.25) is 0 Å². The summed E-state index contributed by atoms with van der Waals surface area (Å²) >= 11 is 0. The molecule has 0 aliphatic heterocycles. The third-order valence-corrected chi connectivity index (χ3v) is 3.14. The van der Waals surface area contributed by atoms with E-state index in [4.69, 9.17) is 9.47 Å². The average molecular weight is 286 g/mol. The summed E-state index contributed by atoms with van der Waals surface area (Å²) in [6, 6.07) is 14.4. The van der Waals surface area contributed by atoms with Crippen LogP contribution in [-0.2, 0) is 16.1 Å². The minimum absolute atomic E-state index is 0.163. The molecule has 1 atom stereocenters. The first-order valence-corrected chi connectivity index (χ1v) is 7.12. The van der Waals surface area contributed by atoms with Crippen molar-refractivity contribution < 1.29 is 9.47 Å². The molecule has 0 aliphatic rings. The highest BCUT2D eigenvalue weighted by atomic mass is 16.5. The zero-order valence-corrected chi connectivity index (χ0v) is 12.6. The molecule has 1 heterocycles. The van der Waals surface area contributed by atoms with Crippen molar-refractivity contribution in [2.75, 3.05) is 25.6 Å². The van der Waals surface area contributed by atoms with Crippen LogP contribution in [0.2, 0.25) is 0 Å². The molecule has 0 aliphatic carbocycles. The molecule has 0 bridgehead atoms. The lowest BCUT2D eigenvalue weighted by atomic mass is 10.1. The molecule has 4 nitrogen and oxygen atoms in total. The van der Waals surface area contributed by atoms with Crippen molar-refractivity contribution in [2.45, 2.75) is 19.6 Å². The van der Waals surface area contributed by atoms with E-state index in [1.165, 1.54) is 0 Å². The van der Waals surface area contributed by atoms with Gasteiger partial charge in [0.1, 0.15) is 0 Å². The van der Waals surface area contributed by atoms with E-state index in [9.17, 15) is 0 Å². The lowest BCUT2D eigenvalue weighted by Gasteiger charge is -2.15. The number of hydrogen-bond acceptors (Lipinski definition) is 4. The first-order valence-electron chi connectivity index (χ1n) is 7.12. The number of aromatic nitrogens is 1. The fourth-order valence-electron chi connectivity index (χ4n) is 2.04. The Bertz CT molecular complexity index is 531. The molecular formula is C17H22N2O2. The summed E-state index contributed by atoms with van der Waals surface area (Å²) in [7, 11) is 1.67. The Balaban J connectivity index is 1.91. The van der Waals surface area contributed by atoms with E-state index in [-0.39, 0.29) is 6.04 Å². The van der Waals surface area contributed by atoms with Crippen LogP contribution in [0.1, 0.15) is 24.2 Å². The quantitative estimate of drug-likeness (QED) is 0.755. The van der Waals surface area contributed by atoms with Gasteiger partial charge >= 0.3 is 0 Å². The summed E-state index contributed by atoms with van der Waals surface area (Å²) in [5, 5.41) is 3.46. The van der Waals surface area contributed by atoms with Crippen molar-refractivity contribution in [3.63, 3.8) is 0 Å². The summed E-state index contributed by atoms with van der Waals surface area (Å²) in [6.07, 6.45) is 1.81. The van der Waals surface area contributed by atoms with Crippen LogP contribution in [0.15, 0.2) is 48.7 Å². The van der Waals surface area contributed by atoms with Crippen LogP contribution in [0.3, 0.4) is 0 Å². The third kappa shape index (κ3) is 5.17. The first kappa shape index (κ1) is 15.5. The van der Waals surface area contributed by atoms with Gasteiger partial charge in [-0.15, -0.1) is 0 Å². The summed E-state index contributed by atoms with van der Waals surface area (Å²) in [5.41, 5.74) is 3.24. The van der Waals surface area contributed by atoms with Crippen LogP contribution in [-0.4, -0.2) is 25.3 Å². The number of methoxy groups -OCH3 is 1. The van der Waals surface area contributed by atoms with Gasteiger partial charge in [-0.2, -0.15) is 0 Å². The zero-order valence-electron chi connectivity index (χ0n) is 12.6. The fraction of sp³-hybridized carbons (Fsp3) is 0.353. The van der Waals surface area contributed by atoms with Crippen molar-refractivity contribution in [1.29, 1.82) is 0 Å². The number of ether oxygens (including phenoxy) is 2. The number of nitrogens with zero attached hydrogens (tertiary/aromatic N) is 1. The highest BCUT2D eigenvalue weighted by molar-refractivity contribution is 5.47. The van der Waals surface area contributed by atoms with Crippen molar-refractivity contribution in [2.24, 2.45) is 0 Å². The van der Waals surface area contributed by atoms with Crippen molar-refractivity contribution in [3.8, 4) is 0 Å². The summed E-state index contributed by atoms with van der Waals surface area (Å²) in [4.78, 5) is 4.37. The molecular weight excluding hydrogens is 264 g/mol. The molecule has 112 valence electrons. The molecule has 0 amide bonds. The third-order valence-electron chi connectivity index (χ3n) is 3.14. The maximum atomic E-state index is 5.54. The Hall–Kier alpha value is -1.91. The summed E-state index contributed by atoms with van der Waals surface area (Å²) < 4.78 is 10.5. The Morgan fingerprint density at radius 1 is 1.14 bits per heavy atom. The minimum atomic E-state index is 0.163. The maximum Gasteiger partial charge on any atom is 0.0718 e. The standard InChI is InChI=1S/C17H22N2O2/c1-14(17-8-3-4-9-18-17)19-16-7-5-6-15(12-16)13-21-11-10-20-2/h3-9,12,14,19H,10-11,13H2,1-2H3. The number of nitrogens with one attached hydrogen (secondary N) is 1. The van der Waals surface area contributed by atoms with Crippen molar-refractivity contribution in [1.82, 2.24) is 4.98 Å². The van der Waals surface area contributed by atoms with Gasteiger partial charge in [-0.3, -0.25) is 4.98 Å². The van der Waals surface area contributed by atoms with E-state index in [0.29, 0.717) is 19.8 Å². The van der Waals surface area contributed by atoms with E-state index in [1.807, 2.05) is 30.5 Å². The second-order valence-corrected chi connectivity index (χ2v) is 4.87. The first-order chi connectivity index (χ1) is 10.3. The molecule has 1 unspecified atom stereocenters. The van der Waals surface area contributed by atoms with Crippen LogP contribution in [0.5, 0.6) is 0 Å². The van der Waals surface area contributed by atoms with E-state index < -0.39 is 0 Å². The predicted molar refractivity (Wildman–Crippen MR) is 84.2 cm³/mol. The van der Waals surface area contributed by atoms with Gasteiger partial charge in [-0.25, -0.2) is 0 Å². The molecule has 0 fully saturated rings. The second-order valence-electron chi connectivity index (χ2n) is 4.87. The molecule has 4 heteroatoms. The number of anilines is 1. The largest absolute Gasteiger partial charge is 0.382 e. The van der Waals surface area contributed by atoms with E-state index in [0.717, 1.165) is 16.9 Å². The summed E-state index contributed by atoms with van der Waals surface area (Å²) in [6.45, 7) is 3.92.